The highest BCUT2D eigenvalue weighted by molar-refractivity contribution is 6.43. The maximum Gasteiger partial charge on any atom is 0.271 e. The standard InChI is InChI=1S/C17H16Cl2N2O3/c1-3-24-14-8-13(18)15(19)12(16(14)22)9-20-21-17(23)11-7-5-4-6-10(11)2/h4-9,22H,3H2,1-2H3,(H,21,23). The Balaban J connectivity index is 2.23. The molecule has 0 aromatic heterocycles. The molecule has 0 aliphatic carbocycles. The summed E-state index contributed by atoms with van der Waals surface area (Å²) in [7, 11) is 0. The third-order valence-corrected chi connectivity index (χ3v) is 4.04. The third-order valence-electron chi connectivity index (χ3n) is 3.24. The molecule has 0 aliphatic heterocycles. The van der Waals surface area contributed by atoms with Crippen LogP contribution in [0.1, 0.15) is 28.4 Å². The highest BCUT2D eigenvalue weighted by atomic mass is 35.5. The average Bonchev–Trinajstić information content (AvgIpc) is 2.56. The van der Waals surface area contributed by atoms with Crippen molar-refractivity contribution < 1.29 is 14.6 Å². The quantitative estimate of drug-likeness (QED) is 0.616. The van der Waals surface area contributed by atoms with E-state index in [2.05, 4.69) is 10.5 Å². The van der Waals surface area contributed by atoms with Crippen molar-refractivity contribution in [3.8, 4) is 11.5 Å². The van der Waals surface area contributed by atoms with Crippen LogP contribution < -0.4 is 10.2 Å². The summed E-state index contributed by atoms with van der Waals surface area (Å²) in [6, 6.07) is 8.55. The Morgan fingerprint density at radius 2 is 2.08 bits per heavy atom. The van der Waals surface area contributed by atoms with Gasteiger partial charge < -0.3 is 9.84 Å². The summed E-state index contributed by atoms with van der Waals surface area (Å²) in [5, 5.41) is 14.3. The van der Waals surface area contributed by atoms with Gasteiger partial charge in [-0.05, 0) is 25.5 Å². The molecule has 7 heteroatoms. The number of carbonyl (C=O) groups is 1. The number of phenols is 1. The number of hydrogen-bond acceptors (Lipinski definition) is 4. The fourth-order valence-electron chi connectivity index (χ4n) is 2.04. The molecule has 5 nitrogen and oxygen atoms in total. The monoisotopic (exact) mass is 366 g/mol. The first-order valence-corrected chi connectivity index (χ1v) is 7.94. The largest absolute Gasteiger partial charge is 0.504 e. The van der Waals surface area contributed by atoms with E-state index >= 15 is 0 Å². The normalized spacial score (nSPS) is 10.8. The molecular weight excluding hydrogens is 351 g/mol. The van der Waals surface area contributed by atoms with E-state index in [0.29, 0.717) is 12.2 Å². The van der Waals surface area contributed by atoms with Gasteiger partial charge in [0.15, 0.2) is 11.5 Å². The van der Waals surface area contributed by atoms with Crippen molar-refractivity contribution in [2.24, 2.45) is 5.10 Å². The van der Waals surface area contributed by atoms with Gasteiger partial charge in [-0.1, -0.05) is 41.4 Å². The highest BCUT2D eigenvalue weighted by Gasteiger charge is 2.15. The van der Waals surface area contributed by atoms with Crippen LogP contribution in [0.15, 0.2) is 35.4 Å². The number of phenolic OH excluding ortho intramolecular Hbond substituents is 1. The molecule has 0 spiro atoms. The van der Waals surface area contributed by atoms with E-state index in [1.807, 2.05) is 19.1 Å². The lowest BCUT2D eigenvalue weighted by atomic mass is 10.1. The molecule has 0 atom stereocenters. The molecule has 126 valence electrons. The predicted molar refractivity (Wildman–Crippen MR) is 95.5 cm³/mol. The summed E-state index contributed by atoms with van der Waals surface area (Å²) >= 11 is 12.1. The van der Waals surface area contributed by atoms with Gasteiger partial charge in [0.25, 0.3) is 5.91 Å². The molecule has 0 saturated carbocycles. The first-order chi connectivity index (χ1) is 11.5. The fraction of sp³-hybridized carbons (Fsp3) is 0.176. The molecule has 2 aromatic rings. The van der Waals surface area contributed by atoms with Crippen LogP contribution in [-0.2, 0) is 0 Å². The summed E-state index contributed by atoms with van der Waals surface area (Å²) in [5.41, 5.74) is 3.89. The summed E-state index contributed by atoms with van der Waals surface area (Å²) in [6.07, 6.45) is 1.22. The van der Waals surface area contributed by atoms with Crippen molar-refractivity contribution in [1.82, 2.24) is 5.43 Å². The van der Waals surface area contributed by atoms with E-state index in [-0.39, 0.29) is 33.0 Å². The lowest BCUT2D eigenvalue weighted by Gasteiger charge is -2.10. The molecule has 0 heterocycles. The zero-order valence-electron chi connectivity index (χ0n) is 13.1. The molecule has 0 aliphatic rings. The maximum atomic E-state index is 12.1. The Labute approximate surface area is 149 Å². The van der Waals surface area contributed by atoms with Crippen molar-refractivity contribution in [3.63, 3.8) is 0 Å². The molecule has 0 unspecified atom stereocenters. The molecule has 0 radical (unpaired) electrons. The molecule has 24 heavy (non-hydrogen) atoms. The molecule has 2 N–H and O–H groups in total. The van der Waals surface area contributed by atoms with Gasteiger partial charge in [-0.2, -0.15) is 5.10 Å². The number of amides is 1. The lowest BCUT2D eigenvalue weighted by Crippen LogP contribution is -2.18. The molecule has 0 saturated heterocycles. The number of carbonyl (C=O) groups excluding carboxylic acids is 1. The zero-order valence-corrected chi connectivity index (χ0v) is 14.6. The van der Waals surface area contributed by atoms with Crippen LogP contribution in [0.4, 0.5) is 0 Å². The predicted octanol–water partition coefficient (Wildman–Crippen LogP) is 4.17. The van der Waals surface area contributed by atoms with Crippen LogP contribution >= 0.6 is 23.2 Å². The van der Waals surface area contributed by atoms with Crippen molar-refractivity contribution in [2.75, 3.05) is 6.61 Å². The van der Waals surface area contributed by atoms with Gasteiger partial charge in [0.1, 0.15) is 0 Å². The van der Waals surface area contributed by atoms with Gasteiger partial charge in [-0.3, -0.25) is 4.79 Å². The molecular formula is C17H16Cl2N2O3. The SMILES string of the molecule is CCOc1cc(Cl)c(Cl)c(C=NNC(=O)c2ccccc2C)c1O. The number of nitrogens with zero attached hydrogens (tertiary/aromatic N) is 1. The summed E-state index contributed by atoms with van der Waals surface area (Å²) in [4.78, 5) is 12.1. The Hall–Kier alpha value is -2.24. The second-order valence-electron chi connectivity index (χ2n) is 4.88. The summed E-state index contributed by atoms with van der Waals surface area (Å²) in [5.74, 6) is -0.370. The number of aromatic hydroxyl groups is 1. The van der Waals surface area contributed by atoms with Gasteiger partial charge in [0.05, 0.1) is 28.4 Å². The van der Waals surface area contributed by atoms with Gasteiger partial charge in [0, 0.05) is 11.6 Å². The van der Waals surface area contributed by atoms with Crippen molar-refractivity contribution in [3.05, 3.63) is 57.1 Å². The van der Waals surface area contributed by atoms with Crippen LogP contribution in [0, 0.1) is 6.92 Å². The number of halogens is 2. The van der Waals surface area contributed by atoms with Crippen molar-refractivity contribution >= 4 is 35.3 Å². The van der Waals surface area contributed by atoms with Gasteiger partial charge in [-0.15, -0.1) is 0 Å². The number of rotatable bonds is 5. The first-order valence-electron chi connectivity index (χ1n) is 7.18. The molecule has 2 rings (SSSR count). The summed E-state index contributed by atoms with van der Waals surface area (Å²) < 4.78 is 5.28. The van der Waals surface area contributed by atoms with Crippen LogP contribution in [0.2, 0.25) is 10.0 Å². The Kier molecular flexibility index (Phi) is 6.06. The number of hydrogen-bond donors (Lipinski definition) is 2. The fourth-order valence-corrected chi connectivity index (χ4v) is 2.43. The third kappa shape index (κ3) is 3.99. The molecule has 2 aromatic carbocycles. The van der Waals surface area contributed by atoms with Crippen LogP contribution in [0.5, 0.6) is 11.5 Å². The van der Waals surface area contributed by atoms with E-state index in [1.54, 1.807) is 19.1 Å². The van der Waals surface area contributed by atoms with Crippen molar-refractivity contribution in [1.29, 1.82) is 0 Å². The van der Waals surface area contributed by atoms with E-state index < -0.39 is 0 Å². The van der Waals surface area contributed by atoms with E-state index in [4.69, 9.17) is 27.9 Å². The Bertz CT molecular complexity index is 792. The minimum Gasteiger partial charge on any atom is -0.504 e. The minimum atomic E-state index is -0.368. The van der Waals surface area contributed by atoms with Crippen LogP contribution in [0.25, 0.3) is 0 Å². The van der Waals surface area contributed by atoms with Gasteiger partial charge >= 0.3 is 0 Å². The number of nitrogens with one attached hydrogen (secondary N) is 1. The summed E-state index contributed by atoms with van der Waals surface area (Å²) in [6.45, 7) is 3.96. The smallest absolute Gasteiger partial charge is 0.271 e. The number of aryl methyl sites for hydroxylation is 1. The van der Waals surface area contributed by atoms with Crippen LogP contribution in [-0.4, -0.2) is 23.8 Å². The molecule has 0 fully saturated rings. The molecule has 1 amide bonds. The first kappa shape index (κ1) is 18.1. The Morgan fingerprint density at radius 1 is 1.38 bits per heavy atom. The van der Waals surface area contributed by atoms with E-state index in [1.165, 1.54) is 12.3 Å². The topological polar surface area (TPSA) is 70.9 Å². The highest BCUT2D eigenvalue weighted by Crippen LogP contribution is 2.39. The number of hydrazone groups is 1. The van der Waals surface area contributed by atoms with Gasteiger partial charge in [0.2, 0.25) is 0 Å². The van der Waals surface area contributed by atoms with Crippen LogP contribution in [0.3, 0.4) is 0 Å². The second kappa shape index (κ2) is 8.04. The lowest BCUT2D eigenvalue weighted by molar-refractivity contribution is 0.0954. The molecule has 0 bridgehead atoms. The van der Waals surface area contributed by atoms with E-state index in [9.17, 15) is 9.90 Å². The zero-order chi connectivity index (χ0) is 17.7. The average molecular weight is 367 g/mol. The number of benzene rings is 2. The second-order valence-corrected chi connectivity index (χ2v) is 5.67. The van der Waals surface area contributed by atoms with Gasteiger partial charge in [-0.25, -0.2) is 5.43 Å². The van der Waals surface area contributed by atoms with Crippen molar-refractivity contribution in [2.45, 2.75) is 13.8 Å². The minimum absolute atomic E-state index is 0.117. The maximum absolute atomic E-state index is 12.1. The Morgan fingerprint density at radius 3 is 2.75 bits per heavy atom. The number of ether oxygens (including phenoxy) is 1. The van der Waals surface area contributed by atoms with E-state index in [0.717, 1.165) is 5.56 Å².